The highest BCUT2D eigenvalue weighted by Crippen LogP contribution is 2.21. The predicted octanol–water partition coefficient (Wildman–Crippen LogP) is 2.89. The lowest BCUT2D eigenvalue weighted by Crippen LogP contribution is -2.24. The molecule has 0 amide bonds. The number of carbonyl (C=O) groups is 3. The second-order valence-electron chi connectivity index (χ2n) is 5.51. The van der Waals surface area contributed by atoms with Crippen LogP contribution in [0.3, 0.4) is 0 Å². The minimum atomic E-state index is -0.954. The topological polar surface area (TPSA) is 85.5 Å². The van der Waals surface area contributed by atoms with Crippen molar-refractivity contribution >= 4 is 17.7 Å². The van der Waals surface area contributed by atoms with Gasteiger partial charge in [-0.05, 0) is 47.1 Å². The van der Waals surface area contributed by atoms with Crippen molar-refractivity contribution in [2.75, 3.05) is 6.61 Å². The number of carbonyl (C=O) groups excluding carboxylic acids is 3. The molecule has 0 aliphatic rings. The Balaban J connectivity index is 3.01. The van der Waals surface area contributed by atoms with Crippen molar-refractivity contribution in [3.05, 3.63) is 34.2 Å². The number of Topliss-reactive ketones (excluding diaryl/α,β-unsaturated/α-hetero) is 1. The fraction of sp³-hybridized carbons (Fsp3) is 0.471. The van der Waals surface area contributed by atoms with Gasteiger partial charge in [0.15, 0.2) is 6.10 Å². The van der Waals surface area contributed by atoms with Gasteiger partial charge in [-0.3, -0.25) is 4.79 Å². The first kappa shape index (κ1) is 18.7. The van der Waals surface area contributed by atoms with Gasteiger partial charge in [-0.2, -0.15) is 0 Å². The zero-order valence-electron chi connectivity index (χ0n) is 14.4. The quantitative estimate of drug-likeness (QED) is 0.494. The van der Waals surface area contributed by atoms with Crippen LogP contribution in [0.1, 0.15) is 59.8 Å². The molecule has 0 spiro atoms. The molecule has 0 radical (unpaired) electrons. The Morgan fingerprint density at radius 1 is 1.22 bits per heavy atom. The first-order valence-corrected chi connectivity index (χ1v) is 7.45. The van der Waals surface area contributed by atoms with Crippen LogP contribution in [0.25, 0.3) is 0 Å². The standard InChI is InChI=1S/C17H23NO5/c1-7-22-17(21)14-10(4)15(18-11(14)5)16(20)12(6)23-13(19)8-9(2)3/h8,12,18H,7H2,1-6H3/t12-/m0/s1. The molecule has 1 aromatic heterocycles. The van der Waals surface area contributed by atoms with E-state index < -0.39 is 23.8 Å². The number of rotatable bonds is 6. The molecule has 1 aromatic rings. The van der Waals surface area contributed by atoms with E-state index in [9.17, 15) is 14.4 Å². The van der Waals surface area contributed by atoms with E-state index in [0.29, 0.717) is 16.8 Å². The molecule has 0 saturated heterocycles. The van der Waals surface area contributed by atoms with E-state index in [-0.39, 0.29) is 12.3 Å². The predicted molar refractivity (Wildman–Crippen MR) is 85.5 cm³/mol. The molecule has 0 bridgehead atoms. The second kappa shape index (κ2) is 7.76. The van der Waals surface area contributed by atoms with Gasteiger partial charge in [-0.15, -0.1) is 0 Å². The van der Waals surface area contributed by atoms with Crippen molar-refractivity contribution in [1.82, 2.24) is 4.98 Å². The van der Waals surface area contributed by atoms with Crippen LogP contribution >= 0.6 is 0 Å². The highest BCUT2D eigenvalue weighted by atomic mass is 16.5. The number of allylic oxidation sites excluding steroid dienone is 1. The number of aromatic amines is 1. The fourth-order valence-electron chi connectivity index (χ4n) is 2.21. The largest absolute Gasteiger partial charge is 0.462 e. The highest BCUT2D eigenvalue weighted by Gasteiger charge is 2.27. The van der Waals surface area contributed by atoms with Gasteiger partial charge in [-0.1, -0.05) is 5.57 Å². The van der Waals surface area contributed by atoms with Gasteiger partial charge in [0, 0.05) is 11.8 Å². The molecule has 0 aromatic carbocycles. The first-order valence-electron chi connectivity index (χ1n) is 7.45. The Bertz CT molecular complexity index is 650. The van der Waals surface area contributed by atoms with E-state index in [1.807, 2.05) is 0 Å². The van der Waals surface area contributed by atoms with Crippen LogP contribution in [0.15, 0.2) is 11.6 Å². The van der Waals surface area contributed by atoms with E-state index >= 15 is 0 Å². The smallest absolute Gasteiger partial charge is 0.340 e. The summed E-state index contributed by atoms with van der Waals surface area (Å²) in [7, 11) is 0. The van der Waals surface area contributed by atoms with Crippen molar-refractivity contribution < 1.29 is 23.9 Å². The molecular weight excluding hydrogens is 298 g/mol. The summed E-state index contributed by atoms with van der Waals surface area (Å²) in [5.74, 6) is -1.44. The Kier molecular flexibility index (Phi) is 6.30. The number of H-pyrrole nitrogens is 1. The average molecular weight is 321 g/mol. The third-order valence-electron chi connectivity index (χ3n) is 3.23. The summed E-state index contributed by atoms with van der Waals surface area (Å²) in [6, 6.07) is 0. The van der Waals surface area contributed by atoms with Gasteiger partial charge < -0.3 is 14.5 Å². The van der Waals surface area contributed by atoms with Crippen molar-refractivity contribution in [2.45, 2.75) is 47.6 Å². The average Bonchev–Trinajstić information content (AvgIpc) is 2.72. The van der Waals surface area contributed by atoms with Gasteiger partial charge >= 0.3 is 11.9 Å². The van der Waals surface area contributed by atoms with E-state index in [1.54, 1.807) is 34.6 Å². The Morgan fingerprint density at radius 3 is 2.35 bits per heavy atom. The summed E-state index contributed by atoms with van der Waals surface area (Å²) in [5, 5.41) is 0. The highest BCUT2D eigenvalue weighted by molar-refractivity contribution is 6.04. The van der Waals surface area contributed by atoms with Gasteiger partial charge in [0.25, 0.3) is 0 Å². The first-order chi connectivity index (χ1) is 10.7. The SMILES string of the molecule is CCOC(=O)c1c(C)[nH]c(C(=O)[C@H](C)OC(=O)C=C(C)C)c1C. The van der Waals surface area contributed by atoms with E-state index in [1.165, 1.54) is 13.0 Å². The summed E-state index contributed by atoms with van der Waals surface area (Å²) >= 11 is 0. The number of ether oxygens (including phenoxy) is 2. The second-order valence-corrected chi connectivity index (χ2v) is 5.51. The lowest BCUT2D eigenvalue weighted by molar-refractivity contribution is -0.140. The monoisotopic (exact) mass is 321 g/mol. The number of esters is 2. The van der Waals surface area contributed by atoms with Gasteiger partial charge in [0.2, 0.25) is 5.78 Å². The normalized spacial score (nSPS) is 11.6. The maximum Gasteiger partial charge on any atom is 0.340 e. The van der Waals surface area contributed by atoms with Crippen LogP contribution in [-0.2, 0) is 14.3 Å². The number of hydrogen-bond donors (Lipinski definition) is 1. The van der Waals surface area contributed by atoms with Crippen molar-refractivity contribution in [1.29, 1.82) is 0 Å². The molecule has 0 unspecified atom stereocenters. The fourth-order valence-corrected chi connectivity index (χ4v) is 2.21. The number of aromatic nitrogens is 1. The van der Waals surface area contributed by atoms with Crippen LogP contribution in [0.4, 0.5) is 0 Å². The van der Waals surface area contributed by atoms with Crippen LogP contribution in [-0.4, -0.2) is 35.4 Å². The van der Waals surface area contributed by atoms with Crippen LogP contribution < -0.4 is 0 Å². The van der Waals surface area contributed by atoms with Gasteiger partial charge in [0.05, 0.1) is 17.9 Å². The summed E-state index contributed by atoms with van der Waals surface area (Å²) < 4.78 is 10.1. The molecule has 6 nitrogen and oxygen atoms in total. The lowest BCUT2D eigenvalue weighted by Gasteiger charge is -2.11. The third-order valence-corrected chi connectivity index (χ3v) is 3.23. The van der Waals surface area contributed by atoms with Gasteiger partial charge in [-0.25, -0.2) is 9.59 Å². The lowest BCUT2D eigenvalue weighted by atomic mass is 10.1. The Hall–Kier alpha value is -2.37. The van der Waals surface area contributed by atoms with Crippen molar-refractivity contribution in [3.8, 4) is 0 Å². The van der Waals surface area contributed by atoms with Crippen LogP contribution in [0, 0.1) is 13.8 Å². The molecule has 23 heavy (non-hydrogen) atoms. The molecule has 0 saturated carbocycles. The maximum absolute atomic E-state index is 12.5. The van der Waals surface area contributed by atoms with Gasteiger partial charge in [0.1, 0.15) is 0 Å². The molecule has 1 N–H and O–H groups in total. The zero-order chi connectivity index (χ0) is 17.7. The molecule has 1 atom stereocenters. The summed E-state index contributed by atoms with van der Waals surface area (Å²) in [6.07, 6.45) is 0.366. The molecule has 0 fully saturated rings. The Labute approximate surface area is 135 Å². The number of hydrogen-bond acceptors (Lipinski definition) is 5. The van der Waals surface area contributed by atoms with E-state index in [0.717, 1.165) is 5.57 Å². The summed E-state index contributed by atoms with van der Waals surface area (Å²) in [5.41, 5.74) is 2.43. The zero-order valence-corrected chi connectivity index (χ0v) is 14.4. The summed E-state index contributed by atoms with van der Waals surface area (Å²) in [4.78, 5) is 38.9. The minimum Gasteiger partial charge on any atom is -0.462 e. The number of nitrogens with one attached hydrogen (secondary N) is 1. The Morgan fingerprint density at radius 2 is 1.83 bits per heavy atom. The van der Waals surface area contributed by atoms with E-state index in [2.05, 4.69) is 4.98 Å². The molecule has 126 valence electrons. The number of ketones is 1. The van der Waals surface area contributed by atoms with Crippen LogP contribution in [0.5, 0.6) is 0 Å². The molecule has 0 aliphatic carbocycles. The molecule has 0 aliphatic heterocycles. The minimum absolute atomic E-state index is 0.253. The molecule has 6 heteroatoms. The number of aryl methyl sites for hydroxylation is 1. The van der Waals surface area contributed by atoms with Crippen LogP contribution in [0.2, 0.25) is 0 Å². The third kappa shape index (κ3) is 4.55. The maximum atomic E-state index is 12.5. The summed E-state index contributed by atoms with van der Waals surface area (Å²) in [6.45, 7) is 10.3. The molecule has 1 rings (SSSR count). The molecule has 1 heterocycles. The van der Waals surface area contributed by atoms with Crippen molar-refractivity contribution in [3.63, 3.8) is 0 Å². The molecular formula is C17H23NO5. The van der Waals surface area contributed by atoms with E-state index in [4.69, 9.17) is 9.47 Å². The van der Waals surface area contributed by atoms with Crippen molar-refractivity contribution in [2.24, 2.45) is 0 Å².